The van der Waals surface area contributed by atoms with Gasteiger partial charge in [0.25, 0.3) is 0 Å². The van der Waals surface area contributed by atoms with Gasteiger partial charge in [-0.25, -0.2) is 4.98 Å². The van der Waals surface area contributed by atoms with Crippen molar-refractivity contribution >= 4 is 5.78 Å². The molecule has 3 nitrogen and oxygen atoms in total. The van der Waals surface area contributed by atoms with Crippen LogP contribution >= 0.6 is 0 Å². The lowest BCUT2D eigenvalue weighted by Crippen LogP contribution is -2.36. The van der Waals surface area contributed by atoms with Gasteiger partial charge in [0.1, 0.15) is 5.69 Å². The maximum absolute atomic E-state index is 12.8. The smallest absolute Gasteiger partial charge is 0.180 e. The van der Waals surface area contributed by atoms with E-state index >= 15 is 0 Å². The van der Waals surface area contributed by atoms with E-state index in [0.717, 1.165) is 19.3 Å². The summed E-state index contributed by atoms with van der Waals surface area (Å²) in [6, 6.07) is 10.9. The molecule has 3 heteroatoms. The average Bonchev–Trinajstić information content (AvgIpc) is 3.25. The highest BCUT2D eigenvalue weighted by Gasteiger charge is 2.39. The molecule has 0 radical (unpaired) electrons. The zero-order valence-corrected chi connectivity index (χ0v) is 20.7. The van der Waals surface area contributed by atoms with Crippen molar-refractivity contribution in [3.8, 4) is 0 Å². The number of nitrogens with zero attached hydrogens (tertiary/aromatic N) is 1. The van der Waals surface area contributed by atoms with Crippen LogP contribution in [-0.2, 0) is 6.42 Å². The molecule has 0 fully saturated rings. The Morgan fingerprint density at radius 1 is 1.10 bits per heavy atom. The van der Waals surface area contributed by atoms with Crippen molar-refractivity contribution in [3.63, 3.8) is 0 Å². The van der Waals surface area contributed by atoms with Crippen LogP contribution in [0.5, 0.6) is 0 Å². The monoisotopic (exact) mass is 424 g/mol. The van der Waals surface area contributed by atoms with E-state index in [4.69, 9.17) is 0 Å². The summed E-state index contributed by atoms with van der Waals surface area (Å²) in [4.78, 5) is 19.8. The number of unbranched alkanes of at least 4 members (excludes halogenated alkanes) is 1. The van der Waals surface area contributed by atoms with Crippen LogP contribution in [0.2, 0.25) is 0 Å². The minimum atomic E-state index is 0.104. The second-order valence-electron chi connectivity index (χ2n) is 11.0. The van der Waals surface area contributed by atoms with Crippen LogP contribution in [0.25, 0.3) is 0 Å². The van der Waals surface area contributed by atoms with Crippen LogP contribution < -0.4 is 0 Å². The Bertz CT molecular complexity index is 764. The van der Waals surface area contributed by atoms with Crippen molar-refractivity contribution < 1.29 is 4.79 Å². The van der Waals surface area contributed by atoms with Crippen molar-refractivity contribution in [2.24, 2.45) is 22.7 Å². The highest BCUT2D eigenvalue weighted by molar-refractivity contribution is 5.93. The molecule has 2 aromatic rings. The third-order valence-corrected chi connectivity index (χ3v) is 6.88. The van der Waals surface area contributed by atoms with E-state index in [2.05, 4.69) is 81.8 Å². The number of carbonyl (C=O) groups excluding carboxylic acids is 1. The van der Waals surface area contributed by atoms with Gasteiger partial charge in [-0.15, -0.1) is 0 Å². The van der Waals surface area contributed by atoms with Gasteiger partial charge in [0.05, 0.1) is 12.5 Å². The van der Waals surface area contributed by atoms with Crippen molar-refractivity contribution in [1.82, 2.24) is 9.97 Å². The fourth-order valence-electron chi connectivity index (χ4n) is 5.30. The quantitative estimate of drug-likeness (QED) is 0.313. The maximum Gasteiger partial charge on any atom is 0.180 e. The van der Waals surface area contributed by atoms with Gasteiger partial charge in [0.2, 0.25) is 0 Å². The first-order chi connectivity index (χ1) is 14.6. The lowest BCUT2D eigenvalue weighted by atomic mass is 9.60. The number of hydrogen-bond donors (Lipinski definition) is 1. The van der Waals surface area contributed by atoms with Gasteiger partial charge in [-0.2, -0.15) is 0 Å². The van der Waals surface area contributed by atoms with Gasteiger partial charge < -0.3 is 4.98 Å². The molecule has 0 bridgehead atoms. The molecule has 0 aliphatic carbocycles. The number of H-pyrrole nitrogens is 1. The number of aromatic amines is 1. The van der Waals surface area contributed by atoms with Crippen molar-refractivity contribution in [2.75, 3.05) is 0 Å². The number of Topliss-reactive ketones (excluding diaryl/α,β-unsaturated/α-hetero) is 1. The topological polar surface area (TPSA) is 45.8 Å². The summed E-state index contributed by atoms with van der Waals surface area (Å²) in [7, 11) is 0. The zero-order chi connectivity index (χ0) is 22.9. The van der Waals surface area contributed by atoms with Gasteiger partial charge in [-0.05, 0) is 60.3 Å². The molecule has 0 spiro atoms. The molecular formula is C28H44N2O. The number of carbonyl (C=O) groups is 1. The molecule has 0 aliphatic heterocycles. The number of rotatable bonds is 14. The van der Waals surface area contributed by atoms with Crippen LogP contribution in [0.15, 0.2) is 42.9 Å². The Kier molecular flexibility index (Phi) is 9.53. The van der Waals surface area contributed by atoms with E-state index < -0.39 is 0 Å². The highest BCUT2D eigenvalue weighted by Crippen LogP contribution is 2.48. The van der Waals surface area contributed by atoms with E-state index in [0.29, 0.717) is 24.0 Å². The SMILES string of the molecule is CCCCC(C)(C)CC(C)(CCC(=O)c1cnc[nH]1)C(Cc1ccccc1)CC(C)C. The predicted molar refractivity (Wildman–Crippen MR) is 131 cm³/mol. The molecule has 0 aliphatic rings. The third-order valence-electron chi connectivity index (χ3n) is 6.88. The minimum absolute atomic E-state index is 0.104. The Hall–Kier alpha value is -1.90. The molecule has 1 heterocycles. The molecule has 2 atom stereocenters. The standard InChI is InChI=1S/C28H44N2O/c1-7-8-15-27(4,5)20-28(6,16-14-26(31)25-19-29-21-30-25)24(17-22(2)3)18-23-12-10-9-11-13-23/h9-13,19,21-22,24H,7-8,14-18,20H2,1-6H3,(H,29,30). The molecule has 1 N–H and O–H groups in total. The first-order valence-electron chi connectivity index (χ1n) is 12.2. The lowest BCUT2D eigenvalue weighted by molar-refractivity contribution is 0.0631. The second kappa shape index (κ2) is 11.6. The molecule has 1 aromatic carbocycles. The largest absolute Gasteiger partial charge is 0.342 e. The first kappa shape index (κ1) is 25.4. The van der Waals surface area contributed by atoms with Gasteiger partial charge >= 0.3 is 0 Å². The van der Waals surface area contributed by atoms with Gasteiger partial charge in [-0.1, -0.05) is 84.7 Å². The molecule has 0 saturated heterocycles. The van der Waals surface area contributed by atoms with Crippen LogP contribution in [0, 0.1) is 22.7 Å². The zero-order valence-electron chi connectivity index (χ0n) is 20.7. The van der Waals surface area contributed by atoms with Gasteiger partial charge in [0, 0.05) is 6.42 Å². The molecular weight excluding hydrogens is 380 g/mol. The number of ketones is 1. The van der Waals surface area contributed by atoms with Crippen LogP contribution in [-0.4, -0.2) is 15.8 Å². The van der Waals surface area contributed by atoms with Crippen LogP contribution in [0.1, 0.15) is 103 Å². The summed E-state index contributed by atoms with van der Waals surface area (Å²) in [5.74, 6) is 1.36. The Balaban J connectivity index is 2.29. The lowest BCUT2D eigenvalue weighted by Gasteiger charge is -2.44. The number of benzene rings is 1. The molecule has 2 unspecified atom stereocenters. The predicted octanol–water partition coefficient (Wildman–Crippen LogP) is 7.89. The Morgan fingerprint density at radius 3 is 2.39 bits per heavy atom. The maximum atomic E-state index is 12.8. The number of hydrogen-bond acceptors (Lipinski definition) is 2. The van der Waals surface area contributed by atoms with E-state index in [-0.39, 0.29) is 16.6 Å². The summed E-state index contributed by atoms with van der Waals surface area (Å²) >= 11 is 0. The van der Waals surface area contributed by atoms with E-state index in [1.165, 1.54) is 31.2 Å². The highest BCUT2D eigenvalue weighted by atomic mass is 16.1. The fourth-order valence-corrected chi connectivity index (χ4v) is 5.30. The molecule has 31 heavy (non-hydrogen) atoms. The summed E-state index contributed by atoms with van der Waals surface area (Å²) < 4.78 is 0. The van der Waals surface area contributed by atoms with Crippen molar-refractivity contribution in [1.29, 1.82) is 0 Å². The average molecular weight is 425 g/mol. The molecule has 172 valence electrons. The Morgan fingerprint density at radius 2 is 1.81 bits per heavy atom. The molecule has 1 aromatic heterocycles. The van der Waals surface area contributed by atoms with Crippen molar-refractivity contribution in [2.45, 2.75) is 92.9 Å². The third kappa shape index (κ3) is 8.27. The molecule has 0 amide bonds. The molecule has 2 rings (SSSR count). The number of aromatic nitrogens is 2. The number of nitrogens with one attached hydrogen (secondary N) is 1. The van der Waals surface area contributed by atoms with Crippen LogP contribution in [0.3, 0.4) is 0 Å². The van der Waals surface area contributed by atoms with Gasteiger partial charge in [0.15, 0.2) is 5.78 Å². The van der Waals surface area contributed by atoms with Crippen molar-refractivity contribution in [3.05, 3.63) is 54.1 Å². The normalized spacial score (nSPS) is 15.1. The van der Waals surface area contributed by atoms with E-state index in [9.17, 15) is 4.79 Å². The summed E-state index contributed by atoms with van der Waals surface area (Å²) in [6.45, 7) is 14.2. The summed E-state index contributed by atoms with van der Waals surface area (Å²) in [5, 5.41) is 0. The summed E-state index contributed by atoms with van der Waals surface area (Å²) in [6.07, 6.45) is 11.9. The first-order valence-corrected chi connectivity index (χ1v) is 12.2. The second-order valence-corrected chi connectivity index (χ2v) is 11.0. The fraction of sp³-hybridized carbons (Fsp3) is 0.643. The Labute approximate surface area is 190 Å². The summed E-state index contributed by atoms with van der Waals surface area (Å²) in [5.41, 5.74) is 2.42. The van der Waals surface area contributed by atoms with Gasteiger partial charge in [-0.3, -0.25) is 4.79 Å². The van der Waals surface area contributed by atoms with E-state index in [1.54, 1.807) is 12.5 Å². The minimum Gasteiger partial charge on any atom is -0.342 e. The molecule has 0 saturated carbocycles. The van der Waals surface area contributed by atoms with E-state index in [1.807, 2.05) is 0 Å². The number of imidazole rings is 1. The van der Waals surface area contributed by atoms with Crippen LogP contribution in [0.4, 0.5) is 0 Å².